The van der Waals surface area contributed by atoms with Crippen LogP contribution in [0.3, 0.4) is 0 Å². The molecular formula is C21H24N2O6. The molecule has 8 nitrogen and oxygen atoms in total. The normalized spacial score (nSPS) is 11.6. The maximum absolute atomic E-state index is 12.4. The van der Waals surface area contributed by atoms with Crippen molar-refractivity contribution in [1.29, 1.82) is 0 Å². The number of ether oxygens (including phenoxy) is 1. The lowest BCUT2D eigenvalue weighted by atomic mass is 10.0. The lowest BCUT2D eigenvalue weighted by Crippen LogP contribution is -2.45. The summed E-state index contributed by atoms with van der Waals surface area (Å²) in [6.07, 6.45) is 1.71. The SMILES string of the molecule is CCC(=O)Nc1ccc(C(=O)COC(=O)[C@@H](NC(=O)c2ccco2)C(C)C)cc1. The van der Waals surface area contributed by atoms with Gasteiger partial charge in [0.1, 0.15) is 6.04 Å². The lowest BCUT2D eigenvalue weighted by Gasteiger charge is -2.20. The predicted molar refractivity (Wildman–Crippen MR) is 105 cm³/mol. The van der Waals surface area contributed by atoms with Gasteiger partial charge in [0.2, 0.25) is 5.91 Å². The number of rotatable bonds is 9. The number of esters is 1. The molecule has 1 heterocycles. The Morgan fingerprint density at radius 3 is 2.31 bits per heavy atom. The molecule has 0 fully saturated rings. The number of carbonyl (C=O) groups excluding carboxylic acids is 4. The number of hydrogen-bond acceptors (Lipinski definition) is 6. The van der Waals surface area contributed by atoms with Gasteiger partial charge in [-0.3, -0.25) is 14.4 Å². The number of nitrogens with one attached hydrogen (secondary N) is 2. The molecule has 0 spiro atoms. The van der Waals surface area contributed by atoms with E-state index in [1.807, 2.05) is 0 Å². The van der Waals surface area contributed by atoms with Crippen LogP contribution in [0, 0.1) is 5.92 Å². The number of Topliss-reactive ketones (excluding diaryl/α,β-unsaturated/α-hetero) is 1. The Balaban J connectivity index is 1.92. The quantitative estimate of drug-likeness (QED) is 0.494. The highest BCUT2D eigenvalue weighted by Gasteiger charge is 2.27. The smallest absolute Gasteiger partial charge is 0.329 e. The minimum Gasteiger partial charge on any atom is -0.459 e. The minimum absolute atomic E-state index is 0.0785. The second-order valence-corrected chi connectivity index (χ2v) is 6.68. The summed E-state index contributed by atoms with van der Waals surface area (Å²) in [6, 6.07) is 8.41. The number of furan rings is 1. The van der Waals surface area contributed by atoms with Gasteiger partial charge in [0, 0.05) is 17.7 Å². The summed E-state index contributed by atoms with van der Waals surface area (Å²) in [6.45, 7) is 4.78. The van der Waals surface area contributed by atoms with Crippen molar-refractivity contribution in [3.8, 4) is 0 Å². The van der Waals surface area contributed by atoms with E-state index in [1.54, 1.807) is 51.1 Å². The molecule has 0 saturated heterocycles. The van der Waals surface area contributed by atoms with E-state index >= 15 is 0 Å². The van der Waals surface area contributed by atoms with Crippen LogP contribution in [0.5, 0.6) is 0 Å². The molecule has 8 heteroatoms. The van der Waals surface area contributed by atoms with E-state index in [9.17, 15) is 19.2 Å². The molecular weight excluding hydrogens is 376 g/mol. The van der Waals surface area contributed by atoms with Crippen LogP contribution in [0.2, 0.25) is 0 Å². The Kier molecular flexibility index (Phi) is 7.70. The van der Waals surface area contributed by atoms with Gasteiger partial charge in [0.15, 0.2) is 18.2 Å². The fourth-order valence-electron chi connectivity index (χ4n) is 2.42. The van der Waals surface area contributed by atoms with Crippen molar-refractivity contribution < 1.29 is 28.3 Å². The minimum atomic E-state index is -0.924. The average molecular weight is 400 g/mol. The number of anilines is 1. The molecule has 0 aliphatic carbocycles. The van der Waals surface area contributed by atoms with E-state index < -0.39 is 30.3 Å². The van der Waals surface area contributed by atoms with Crippen molar-refractivity contribution in [2.75, 3.05) is 11.9 Å². The second kappa shape index (κ2) is 10.2. The molecule has 29 heavy (non-hydrogen) atoms. The molecule has 0 unspecified atom stereocenters. The van der Waals surface area contributed by atoms with Gasteiger partial charge in [-0.15, -0.1) is 0 Å². The molecule has 154 valence electrons. The van der Waals surface area contributed by atoms with Gasteiger partial charge in [-0.1, -0.05) is 20.8 Å². The van der Waals surface area contributed by atoms with Gasteiger partial charge in [-0.25, -0.2) is 4.79 Å². The molecule has 1 aromatic carbocycles. The fraction of sp³-hybridized carbons (Fsp3) is 0.333. The lowest BCUT2D eigenvalue weighted by molar-refractivity contribution is -0.146. The third kappa shape index (κ3) is 6.31. The van der Waals surface area contributed by atoms with Gasteiger partial charge < -0.3 is 19.8 Å². The monoisotopic (exact) mass is 400 g/mol. The molecule has 1 aromatic heterocycles. The van der Waals surface area contributed by atoms with Crippen molar-refractivity contribution in [2.45, 2.75) is 33.2 Å². The van der Waals surface area contributed by atoms with E-state index in [1.165, 1.54) is 12.3 Å². The largest absolute Gasteiger partial charge is 0.459 e. The van der Waals surface area contributed by atoms with Gasteiger partial charge in [-0.05, 0) is 42.3 Å². The molecule has 0 aliphatic heterocycles. The van der Waals surface area contributed by atoms with E-state index in [0.29, 0.717) is 17.7 Å². The van der Waals surface area contributed by atoms with E-state index in [-0.39, 0.29) is 17.6 Å². The Morgan fingerprint density at radius 2 is 1.76 bits per heavy atom. The maximum atomic E-state index is 12.4. The Hall–Kier alpha value is -3.42. The Bertz CT molecular complexity index is 856. The number of amides is 2. The van der Waals surface area contributed by atoms with E-state index in [4.69, 9.17) is 9.15 Å². The first kappa shape index (κ1) is 21.9. The number of hydrogen-bond donors (Lipinski definition) is 2. The van der Waals surface area contributed by atoms with Crippen LogP contribution in [0.25, 0.3) is 0 Å². The zero-order valence-electron chi connectivity index (χ0n) is 16.6. The number of ketones is 1. The van der Waals surface area contributed by atoms with Crippen LogP contribution in [-0.4, -0.2) is 36.2 Å². The predicted octanol–water partition coefficient (Wildman–Crippen LogP) is 2.81. The third-order valence-electron chi connectivity index (χ3n) is 4.11. The first-order valence-corrected chi connectivity index (χ1v) is 9.26. The highest BCUT2D eigenvalue weighted by molar-refractivity contribution is 5.99. The van der Waals surface area contributed by atoms with Gasteiger partial charge in [0.05, 0.1) is 6.26 Å². The van der Waals surface area contributed by atoms with Crippen molar-refractivity contribution in [1.82, 2.24) is 5.32 Å². The molecule has 1 atom stereocenters. The van der Waals surface area contributed by atoms with Crippen molar-refractivity contribution in [3.63, 3.8) is 0 Å². The van der Waals surface area contributed by atoms with Gasteiger partial charge in [0.25, 0.3) is 5.91 Å². The van der Waals surface area contributed by atoms with Crippen LogP contribution in [-0.2, 0) is 14.3 Å². The fourth-order valence-corrected chi connectivity index (χ4v) is 2.42. The van der Waals surface area contributed by atoms with Crippen LogP contribution in [0.15, 0.2) is 47.1 Å². The van der Waals surface area contributed by atoms with Crippen LogP contribution in [0.1, 0.15) is 48.1 Å². The standard InChI is InChI=1S/C21H24N2O6/c1-4-18(25)22-15-9-7-14(8-10-15)16(24)12-29-21(27)19(13(2)3)23-20(26)17-6-5-11-28-17/h5-11,13,19H,4,12H2,1-3H3,(H,22,25)(H,23,26)/t19-/m0/s1. The van der Waals surface area contributed by atoms with Crippen molar-refractivity contribution in [2.24, 2.45) is 5.92 Å². The molecule has 2 amide bonds. The van der Waals surface area contributed by atoms with Crippen molar-refractivity contribution in [3.05, 3.63) is 54.0 Å². The summed E-state index contributed by atoms with van der Waals surface area (Å²) in [5.74, 6) is -1.95. The van der Waals surface area contributed by atoms with Crippen LogP contribution in [0.4, 0.5) is 5.69 Å². The second-order valence-electron chi connectivity index (χ2n) is 6.68. The molecule has 0 saturated carbocycles. The first-order chi connectivity index (χ1) is 13.8. The Labute approximate surface area is 168 Å². The topological polar surface area (TPSA) is 115 Å². The maximum Gasteiger partial charge on any atom is 0.329 e. The summed E-state index contributed by atoms with van der Waals surface area (Å²) < 4.78 is 10.1. The van der Waals surface area contributed by atoms with Crippen LogP contribution >= 0.6 is 0 Å². The molecule has 0 aliphatic rings. The summed E-state index contributed by atoms with van der Waals surface area (Å²) in [4.78, 5) is 48.1. The summed E-state index contributed by atoms with van der Waals surface area (Å²) in [5, 5.41) is 5.24. The van der Waals surface area contributed by atoms with E-state index in [0.717, 1.165) is 0 Å². The summed E-state index contributed by atoms with van der Waals surface area (Å²) in [5.41, 5.74) is 0.916. The molecule has 2 N–H and O–H groups in total. The highest BCUT2D eigenvalue weighted by atomic mass is 16.5. The number of carbonyl (C=O) groups is 4. The zero-order valence-corrected chi connectivity index (χ0v) is 16.6. The zero-order chi connectivity index (χ0) is 21.4. The molecule has 2 rings (SSSR count). The molecule has 0 radical (unpaired) electrons. The van der Waals surface area contributed by atoms with Gasteiger partial charge in [-0.2, -0.15) is 0 Å². The molecule has 0 bridgehead atoms. The third-order valence-corrected chi connectivity index (χ3v) is 4.11. The average Bonchev–Trinajstić information content (AvgIpc) is 3.25. The van der Waals surface area contributed by atoms with E-state index in [2.05, 4.69) is 10.6 Å². The summed E-state index contributed by atoms with van der Waals surface area (Å²) in [7, 11) is 0. The first-order valence-electron chi connectivity index (χ1n) is 9.26. The molecule has 2 aromatic rings. The Morgan fingerprint density at radius 1 is 1.07 bits per heavy atom. The number of benzene rings is 1. The van der Waals surface area contributed by atoms with Crippen molar-refractivity contribution >= 4 is 29.3 Å². The van der Waals surface area contributed by atoms with Gasteiger partial charge >= 0.3 is 5.97 Å². The van der Waals surface area contributed by atoms with Crippen LogP contribution < -0.4 is 10.6 Å². The highest BCUT2D eigenvalue weighted by Crippen LogP contribution is 2.12. The summed E-state index contributed by atoms with van der Waals surface area (Å²) >= 11 is 0.